The highest BCUT2D eigenvalue weighted by Crippen LogP contribution is 2.44. The van der Waals surface area contributed by atoms with Crippen LogP contribution in [-0.4, -0.2) is 13.2 Å². The molecule has 130 valence electrons. The van der Waals surface area contributed by atoms with Gasteiger partial charge >= 0.3 is 0 Å². The van der Waals surface area contributed by atoms with Crippen molar-refractivity contribution in [1.82, 2.24) is 0 Å². The third-order valence-electron chi connectivity index (χ3n) is 6.15. The molecule has 2 atom stereocenters. The normalized spacial score (nSPS) is 22.5. The monoisotopic (exact) mass is 308 g/mol. The molecule has 0 aromatic rings. The molecule has 2 unspecified atom stereocenters. The standard InChI is InChI=1S/C21H40O/c1-7-11-18(3)21(5,13-8-2)16-12-19(22-6)17-20(4)14-9-10-15-20/h11,19H,7-10,12-17H2,1-6H3/b18-11+. The lowest BCUT2D eigenvalue weighted by atomic mass is 9.73. The maximum absolute atomic E-state index is 5.87. The molecule has 1 aliphatic carbocycles. The molecule has 0 aromatic heterocycles. The van der Waals surface area contributed by atoms with Gasteiger partial charge in [0.25, 0.3) is 0 Å². The van der Waals surface area contributed by atoms with E-state index >= 15 is 0 Å². The average Bonchev–Trinajstić information content (AvgIpc) is 2.90. The molecule has 0 saturated heterocycles. The Morgan fingerprint density at radius 1 is 1.23 bits per heavy atom. The lowest BCUT2D eigenvalue weighted by Gasteiger charge is -2.34. The third-order valence-corrected chi connectivity index (χ3v) is 6.15. The van der Waals surface area contributed by atoms with Gasteiger partial charge in [-0.15, -0.1) is 0 Å². The number of hydrogen-bond donors (Lipinski definition) is 0. The first-order chi connectivity index (χ1) is 10.4. The summed E-state index contributed by atoms with van der Waals surface area (Å²) in [6.07, 6.45) is 15.9. The Balaban J connectivity index is 2.63. The Kier molecular flexibility index (Phi) is 8.17. The Hall–Kier alpha value is -0.300. The van der Waals surface area contributed by atoms with Gasteiger partial charge in [-0.25, -0.2) is 0 Å². The Morgan fingerprint density at radius 2 is 1.86 bits per heavy atom. The second-order valence-corrected chi connectivity index (χ2v) is 8.22. The molecule has 0 heterocycles. The molecule has 0 spiro atoms. The van der Waals surface area contributed by atoms with Crippen LogP contribution in [0.4, 0.5) is 0 Å². The predicted molar refractivity (Wildman–Crippen MR) is 98.3 cm³/mol. The van der Waals surface area contributed by atoms with E-state index in [1.807, 2.05) is 7.11 Å². The molecule has 22 heavy (non-hydrogen) atoms. The van der Waals surface area contributed by atoms with Crippen molar-refractivity contribution in [2.45, 2.75) is 105 Å². The first-order valence-electron chi connectivity index (χ1n) is 9.59. The maximum Gasteiger partial charge on any atom is 0.0576 e. The minimum atomic E-state index is 0.359. The van der Waals surface area contributed by atoms with Crippen molar-refractivity contribution in [2.75, 3.05) is 7.11 Å². The van der Waals surface area contributed by atoms with Gasteiger partial charge in [0.1, 0.15) is 0 Å². The van der Waals surface area contributed by atoms with Gasteiger partial charge in [-0.2, -0.15) is 0 Å². The molecule has 0 amide bonds. The Morgan fingerprint density at radius 3 is 2.36 bits per heavy atom. The van der Waals surface area contributed by atoms with Crippen molar-refractivity contribution in [3.8, 4) is 0 Å². The van der Waals surface area contributed by atoms with Gasteiger partial charge in [0.2, 0.25) is 0 Å². The SMILES string of the molecule is CC/C=C(\C)C(C)(CCC)CCC(CC1(C)CCCC1)OC. The van der Waals surface area contributed by atoms with E-state index in [-0.39, 0.29) is 0 Å². The maximum atomic E-state index is 5.87. The van der Waals surface area contributed by atoms with Gasteiger partial charge in [-0.05, 0) is 62.7 Å². The molecule has 0 radical (unpaired) electrons. The van der Waals surface area contributed by atoms with Crippen LogP contribution in [0.1, 0.15) is 98.8 Å². The van der Waals surface area contributed by atoms with Crippen LogP contribution in [0.25, 0.3) is 0 Å². The van der Waals surface area contributed by atoms with Crippen molar-refractivity contribution in [2.24, 2.45) is 10.8 Å². The molecule has 1 rings (SSSR count). The molecule has 1 aliphatic rings. The summed E-state index contributed by atoms with van der Waals surface area (Å²) in [5.41, 5.74) is 2.48. The molecular formula is C21H40O. The topological polar surface area (TPSA) is 9.23 Å². The Labute approximate surface area is 139 Å². The molecule has 1 heteroatoms. The molecule has 1 saturated carbocycles. The van der Waals surface area contributed by atoms with Crippen LogP contribution in [0.2, 0.25) is 0 Å². The summed E-state index contributed by atoms with van der Waals surface area (Å²) in [6.45, 7) is 11.8. The average molecular weight is 309 g/mol. The largest absolute Gasteiger partial charge is 0.381 e. The van der Waals surface area contributed by atoms with E-state index in [2.05, 4.69) is 40.7 Å². The fraction of sp³-hybridized carbons (Fsp3) is 0.905. The second-order valence-electron chi connectivity index (χ2n) is 8.22. The zero-order valence-electron chi connectivity index (χ0n) is 16.1. The second kappa shape index (κ2) is 9.11. The van der Waals surface area contributed by atoms with Gasteiger partial charge < -0.3 is 4.74 Å². The van der Waals surface area contributed by atoms with Crippen LogP contribution in [0.15, 0.2) is 11.6 Å². The quantitative estimate of drug-likeness (QED) is 0.398. The number of methoxy groups -OCH3 is 1. The predicted octanol–water partition coefficient (Wildman–Crippen LogP) is 6.91. The number of ether oxygens (including phenoxy) is 1. The van der Waals surface area contributed by atoms with Gasteiger partial charge in [0.15, 0.2) is 0 Å². The van der Waals surface area contributed by atoms with Gasteiger partial charge in [0.05, 0.1) is 6.10 Å². The minimum Gasteiger partial charge on any atom is -0.381 e. The van der Waals surface area contributed by atoms with Crippen LogP contribution < -0.4 is 0 Å². The first-order valence-corrected chi connectivity index (χ1v) is 9.59. The number of allylic oxidation sites excluding steroid dienone is 2. The number of hydrogen-bond acceptors (Lipinski definition) is 1. The van der Waals surface area contributed by atoms with Crippen molar-refractivity contribution < 1.29 is 4.74 Å². The third kappa shape index (κ3) is 5.72. The fourth-order valence-corrected chi connectivity index (χ4v) is 4.39. The molecule has 0 aliphatic heterocycles. The van der Waals surface area contributed by atoms with Crippen LogP contribution in [0.5, 0.6) is 0 Å². The number of rotatable bonds is 10. The van der Waals surface area contributed by atoms with Crippen LogP contribution in [0.3, 0.4) is 0 Å². The first kappa shape index (κ1) is 19.7. The lowest BCUT2D eigenvalue weighted by Crippen LogP contribution is -2.26. The van der Waals surface area contributed by atoms with Crippen molar-refractivity contribution in [3.63, 3.8) is 0 Å². The van der Waals surface area contributed by atoms with E-state index in [0.717, 1.165) is 6.42 Å². The summed E-state index contributed by atoms with van der Waals surface area (Å²) >= 11 is 0. The van der Waals surface area contributed by atoms with Crippen molar-refractivity contribution in [1.29, 1.82) is 0 Å². The van der Waals surface area contributed by atoms with Crippen LogP contribution >= 0.6 is 0 Å². The highest BCUT2D eigenvalue weighted by atomic mass is 16.5. The molecule has 1 nitrogen and oxygen atoms in total. The molecule has 0 N–H and O–H groups in total. The van der Waals surface area contributed by atoms with Crippen LogP contribution in [0, 0.1) is 10.8 Å². The summed E-state index contributed by atoms with van der Waals surface area (Å²) < 4.78 is 5.87. The van der Waals surface area contributed by atoms with E-state index in [4.69, 9.17) is 4.74 Å². The van der Waals surface area contributed by atoms with E-state index in [1.54, 1.807) is 5.57 Å². The summed E-state index contributed by atoms with van der Waals surface area (Å²) in [7, 11) is 1.91. The zero-order chi connectivity index (χ0) is 16.6. The summed E-state index contributed by atoms with van der Waals surface area (Å²) in [4.78, 5) is 0. The summed E-state index contributed by atoms with van der Waals surface area (Å²) in [5, 5.41) is 0. The molecule has 1 fully saturated rings. The van der Waals surface area contributed by atoms with E-state index < -0.39 is 0 Å². The van der Waals surface area contributed by atoms with E-state index in [0.29, 0.717) is 16.9 Å². The lowest BCUT2D eigenvalue weighted by molar-refractivity contribution is 0.0432. The van der Waals surface area contributed by atoms with Gasteiger partial charge in [-0.3, -0.25) is 0 Å². The minimum absolute atomic E-state index is 0.359. The van der Waals surface area contributed by atoms with Gasteiger partial charge in [0, 0.05) is 7.11 Å². The molecular weight excluding hydrogens is 268 g/mol. The van der Waals surface area contributed by atoms with E-state index in [1.165, 1.54) is 57.8 Å². The smallest absolute Gasteiger partial charge is 0.0576 e. The fourth-order valence-electron chi connectivity index (χ4n) is 4.39. The summed E-state index contributed by atoms with van der Waals surface area (Å²) in [6, 6.07) is 0. The molecule has 0 bridgehead atoms. The van der Waals surface area contributed by atoms with Gasteiger partial charge in [-0.1, -0.05) is 58.6 Å². The van der Waals surface area contributed by atoms with Crippen LogP contribution in [-0.2, 0) is 4.74 Å². The van der Waals surface area contributed by atoms with Crippen molar-refractivity contribution in [3.05, 3.63) is 11.6 Å². The zero-order valence-corrected chi connectivity index (χ0v) is 16.1. The summed E-state index contributed by atoms with van der Waals surface area (Å²) in [5.74, 6) is 0. The highest BCUT2D eigenvalue weighted by Gasteiger charge is 2.33. The van der Waals surface area contributed by atoms with Crippen molar-refractivity contribution >= 4 is 0 Å². The Bertz CT molecular complexity index is 338. The highest BCUT2D eigenvalue weighted by molar-refractivity contribution is 5.10. The van der Waals surface area contributed by atoms with E-state index in [9.17, 15) is 0 Å². The molecule has 0 aromatic carbocycles.